The molecule has 2 fully saturated rings. The largest absolute Gasteiger partial charge is 0.462 e. The fourth-order valence-corrected chi connectivity index (χ4v) is 3.36. The molecule has 2 saturated heterocycles. The van der Waals surface area contributed by atoms with E-state index in [-0.39, 0.29) is 5.92 Å². The van der Waals surface area contributed by atoms with Crippen molar-refractivity contribution in [2.45, 2.75) is 81.1 Å². The van der Waals surface area contributed by atoms with E-state index in [1.807, 2.05) is 6.92 Å². The van der Waals surface area contributed by atoms with Crippen LogP contribution in [0.1, 0.15) is 20.3 Å². The van der Waals surface area contributed by atoms with Crippen LogP contribution in [-0.4, -0.2) is 122 Å². The molecule has 0 unspecified atom stereocenters. The Labute approximate surface area is 178 Å². The maximum Gasteiger partial charge on any atom is 0.323 e. The minimum Gasteiger partial charge on any atom is -0.462 e. The van der Waals surface area contributed by atoms with E-state index < -0.39 is 86.6 Å². The van der Waals surface area contributed by atoms with Crippen molar-refractivity contribution in [3.8, 4) is 0 Å². The number of ether oxygens (including phenoxy) is 4. The van der Waals surface area contributed by atoms with E-state index in [1.165, 1.54) is 0 Å². The summed E-state index contributed by atoms with van der Waals surface area (Å²) in [6.45, 7) is 1.37. The zero-order valence-electron chi connectivity index (χ0n) is 17.4. The predicted molar refractivity (Wildman–Crippen MR) is 99.9 cm³/mol. The molecule has 2 heterocycles. The zero-order chi connectivity index (χ0) is 23.5. The van der Waals surface area contributed by atoms with Crippen LogP contribution in [0.3, 0.4) is 0 Å². The van der Waals surface area contributed by atoms with Gasteiger partial charge >= 0.3 is 5.97 Å². The van der Waals surface area contributed by atoms with E-state index in [2.05, 4.69) is 0 Å². The smallest absolute Gasteiger partial charge is 0.323 e. The van der Waals surface area contributed by atoms with Crippen LogP contribution in [0.5, 0.6) is 0 Å². The second kappa shape index (κ2) is 10.8. The van der Waals surface area contributed by atoms with Crippen LogP contribution in [0.4, 0.5) is 0 Å². The lowest BCUT2D eigenvalue weighted by Gasteiger charge is -2.43. The van der Waals surface area contributed by atoms with Crippen LogP contribution in [0, 0.1) is 5.92 Å². The first kappa shape index (κ1) is 26.3. The van der Waals surface area contributed by atoms with Gasteiger partial charge in [0.25, 0.3) is 0 Å². The summed E-state index contributed by atoms with van der Waals surface area (Å²) in [5.74, 6) is -3.20. The summed E-state index contributed by atoms with van der Waals surface area (Å²) in [5, 5.41) is 69.6. The van der Waals surface area contributed by atoms with Crippen LogP contribution in [0.15, 0.2) is 0 Å². The van der Waals surface area contributed by atoms with E-state index in [4.69, 9.17) is 24.7 Å². The van der Waals surface area contributed by atoms with Gasteiger partial charge in [-0.15, -0.1) is 0 Å². The average molecular weight is 455 g/mol. The molecule has 2 rings (SSSR count). The lowest BCUT2D eigenvalue weighted by atomic mass is 9.98. The monoisotopic (exact) mass is 455 g/mol. The highest BCUT2D eigenvalue weighted by Crippen LogP contribution is 2.36. The molecular formula is C18H33NO12. The molecule has 0 bridgehead atoms. The van der Waals surface area contributed by atoms with Gasteiger partial charge in [-0.2, -0.15) is 0 Å². The van der Waals surface area contributed by atoms with Gasteiger partial charge in [0.05, 0.1) is 6.61 Å². The summed E-state index contributed by atoms with van der Waals surface area (Å²) in [4.78, 5) is 12.1. The van der Waals surface area contributed by atoms with Crippen molar-refractivity contribution in [1.29, 1.82) is 0 Å². The Morgan fingerprint density at radius 3 is 2.23 bits per heavy atom. The molecule has 13 heteroatoms. The molecule has 182 valence electrons. The number of aliphatic hydroxyl groups excluding tert-OH is 7. The Morgan fingerprint density at radius 1 is 1.06 bits per heavy atom. The van der Waals surface area contributed by atoms with Crippen LogP contribution in [0.25, 0.3) is 0 Å². The molecule has 9 N–H and O–H groups in total. The Hall–Kier alpha value is -0.970. The van der Waals surface area contributed by atoms with Gasteiger partial charge in [0.1, 0.15) is 62.0 Å². The average Bonchev–Trinajstić information content (AvgIpc) is 3.02. The van der Waals surface area contributed by atoms with Gasteiger partial charge in [0, 0.05) is 0 Å². The van der Waals surface area contributed by atoms with Crippen molar-refractivity contribution in [2.75, 3.05) is 19.8 Å². The number of hydrogen-bond acceptors (Lipinski definition) is 13. The molecule has 2 aliphatic heterocycles. The Balaban J connectivity index is 2.10. The fourth-order valence-electron chi connectivity index (χ4n) is 3.36. The fraction of sp³-hybridized carbons (Fsp3) is 0.944. The van der Waals surface area contributed by atoms with Crippen molar-refractivity contribution in [1.82, 2.24) is 0 Å². The summed E-state index contributed by atoms with van der Waals surface area (Å²) in [6, 6.07) is -0.912. The van der Waals surface area contributed by atoms with E-state index in [0.29, 0.717) is 6.42 Å². The minimum absolute atomic E-state index is 0.162. The second-order valence-electron chi connectivity index (χ2n) is 7.92. The van der Waals surface area contributed by atoms with Gasteiger partial charge < -0.3 is 60.4 Å². The molecule has 0 amide bonds. The Morgan fingerprint density at radius 2 is 1.71 bits per heavy atom. The molecule has 0 saturated carbocycles. The summed E-state index contributed by atoms with van der Waals surface area (Å²) in [7, 11) is 0. The molecule has 0 aromatic heterocycles. The molecule has 0 aliphatic carbocycles. The van der Waals surface area contributed by atoms with Crippen LogP contribution < -0.4 is 5.73 Å². The first-order valence-corrected chi connectivity index (χ1v) is 10.1. The van der Waals surface area contributed by atoms with Crippen molar-refractivity contribution in [2.24, 2.45) is 11.7 Å². The first-order chi connectivity index (χ1) is 14.5. The van der Waals surface area contributed by atoms with Crippen LogP contribution >= 0.6 is 0 Å². The Kier molecular flexibility index (Phi) is 9.13. The lowest BCUT2D eigenvalue weighted by molar-refractivity contribution is -0.383. The highest BCUT2D eigenvalue weighted by Gasteiger charge is 2.58. The van der Waals surface area contributed by atoms with Gasteiger partial charge in [-0.3, -0.25) is 4.79 Å². The second-order valence-corrected chi connectivity index (χ2v) is 7.92. The number of rotatable bonds is 9. The molecule has 11 atom stereocenters. The molecule has 0 spiro atoms. The summed E-state index contributed by atoms with van der Waals surface area (Å²) < 4.78 is 21.1. The van der Waals surface area contributed by atoms with E-state index >= 15 is 0 Å². The molecule has 13 nitrogen and oxygen atoms in total. The lowest BCUT2D eigenvalue weighted by Crippen LogP contribution is -2.63. The number of esters is 1. The van der Waals surface area contributed by atoms with Crippen molar-refractivity contribution >= 4 is 5.97 Å². The third kappa shape index (κ3) is 5.34. The predicted octanol–water partition coefficient (Wildman–Crippen LogP) is -4.47. The summed E-state index contributed by atoms with van der Waals surface area (Å²) in [6.07, 6.45) is -12.6. The first-order valence-electron chi connectivity index (χ1n) is 10.1. The van der Waals surface area contributed by atoms with Crippen LogP contribution in [-0.2, 0) is 23.7 Å². The SMILES string of the molecule is CC[C@H](C)[C@H](N)C(=O)OC[C@H]1O[C@H](O[C@]2(CO)O[C@H](CO)[C@@H](O)[C@@H]2O)[C@H](O)[C@@H](O)[C@@H]1O. The summed E-state index contributed by atoms with van der Waals surface area (Å²) in [5.41, 5.74) is 5.79. The quantitative estimate of drug-likeness (QED) is 0.154. The molecule has 0 aromatic carbocycles. The highest BCUT2D eigenvalue weighted by molar-refractivity contribution is 5.75. The van der Waals surface area contributed by atoms with Crippen molar-refractivity contribution in [3.05, 3.63) is 0 Å². The molecule has 0 radical (unpaired) electrons. The van der Waals surface area contributed by atoms with Gasteiger partial charge in [0.15, 0.2) is 6.29 Å². The number of nitrogens with two attached hydrogens (primary N) is 1. The standard InChI is InChI=1S/C18H33NO12/c1-3-7(2)10(19)16(27)28-5-9-11(22)13(24)14(25)17(29-9)31-18(6-21)15(26)12(23)8(4-20)30-18/h7-15,17,20-26H,3-6,19H2,1-2H3/t7-,8+,9+,10-,11+,12+,13-,14+,15-,17+,18-/m0/s1. The zero-order valence-corrected chi connectivity index (χ0v) is 17.4. The molecule has 0 aromatic rings. The third-order valence-corrected chi connectivity index (χ3v) is 5.81. The normalized spacial score (nSPS) is 42.9. The van der Waals surface area contributed by atoms with Crippen molar-refractivity contribution in [3.63, 3.8) is 0 Å². The summed E-state index contributed by atoms with van der Waals surface area (Å²) >= 11 is 0. The highest BCUT2D eigenvalue weighted by atomic mass is 16.8. The van der Waals surface area contributed by atoms with Gasteiger partial charge in [0.2, 0.25) is 5.79 Å². The minimum atomic E-state index is -2.29. The number of carbonyl (C=O) groups is 1. The number of aliphatic hydroxyl groups is 7. The topological polar surface area (TPSA) is 222 Å². The van der Waals surface area contributed by atoms with Crippen LogP contribution in [0.2, 0.25) is 0 Å². The third-order valence-electron chi connectivity index (χ3n) is 5.81. The van der Waals surface area contributed by atoms with E-state index in [9.17, 15) is 40.5 Å². The van der Waals surface area contributed by atoms with E-state index in [1.54, 1.807) is 6.92 Å². The van der Waals surface area contributed by atoms with Gasteiger partial charge in [-0.1, -0.05) is 20.3 Å². The van der Waals surface area contributed by atoms with Crippen molar-refractivity contribution < 1.29 is 59.5 Å². The van der Waals surface area contributed by atoms with E-state index in [0.717, 1.165) is 0 Å². The number of carbonyl (C=O) groups excluding carboxylic acids is 1. The maximum atomic E-state index is 12.1. The molecule has 2 aliphatic rings. The molecule has 31 heavy (non-hydrogen) atoms. The molecular weight excluding hydrogens is 422 g/mol. The maximum absolute atomic E-state index is 12.1. The van der Waals surface area contributed by atoms with Gasteiger partial charge in [-0.05, 0) is 5.92 Å². The van der Waals surface area contributed by atoms with Gasteiger partial charge in [-0.25, -0.2) is 0 Å². The Bertz CT molecular complexity index is 596. The number of hydrogen-bond donors (Lipinski definition) is 8.